The summed E-state index contributed by atoms with van der Waals surface area (Å²) in [5.74, 6) is -0.218. The van der Waals surface area contributed by atoms with E-state index in [1.807, 2.05) is 0 Å². The van der Waals surface area contributed by atoms with Gasteiger partial charge < -0.3 is 20.3 Å². The van der Waals surface area contributed by atoms with Gasteiger partial charge in [-0.15, -0.1) is 0 Å². The molecule has 1 aromatic carbocycles. The molecule has 0 bridgehead atoms. The molecule has 1 atom stereocenters. The predicted octanol–water partition coefficient (Wildman–Crippen LogP) is 1.08. The van der Waals surface area contributed by atoms with E-state index in [0.29, 0.717) is 43.1 Å². The van der Waals surface area contributed by atoms with Crippen LogP contribution in [0.5, 0.6) is 0 Å². The number of nitrogens with one attached hydrogen (secondary N) is 2. The molecule has 0 aromatic heterocycles. The molecule has 1 fully saturated rings. The number of nitro groups is 1. The first kappa shape index (κ1) is 16.9. The van der Waals surface area contributed by atoms with Crippen LogP contribution in [0.2, 0.25) is 0 Å². The Morgan fingerprint density at radius 2 is 2.08 bits per heavy atom. The van der Waals surface area contributed by atoms with Crippen molar-refractivity contribution in [3.63, 3.8) is 0 Å². The first-order chi connectivity index (χ1) is 12.0. The average molecular weight is 346 g/mol. The molecular formula is C16H18N4O5. The lowest BCUT2D eigenvalue weighted by Crippen LogP contribution is -2.49. The minimum absolute atomic E-state index is 0.0962. The number of rotatable bonds is 3. The fourth-order valence-corrected chi connectivity index (χ4v) is 2.98. The number of hydrogen-bond donors (Lipinski definition) is 2. The quantitative estimate of drug-likeness (QED) is 0.628. The third kappa shape index (κ3) is 3.45. The zero-order valence-corrected chi connectivity index (χ0v) is 13.7. The number of morpholine rings is 1. The third-order valence-electron chi connectivity index (χ3n) is 4.21. The molecular weight excluding hydrogens is 328 g/mol. The van der Waals surface area contributed by atoms with Crippen LogP contribution in [0.15, 0.2) is 35.5 Å². The summed E-state index contributed by atoms with van der Waals surface area (Å²) in [4.78, 5) is 37.0. The van der Waals surface area contributed by atoms with Gasteiger partial charge in [0.05, 0.1) is 29.8 Å². The number of carbonyl (C=O) groups is 2. The number of hydrogen-bond acceptors (Lipinski definition) is 5. The Kier molecular flexibility index (Phi) is 4.66. The topological polar surface area (TPSA) is 114 Å². The van der Waals surface area contributed by atoms with E-state index < -0.39 is 17.0 Å². The fourth-order valence-electron chi connectivity index (χ4n) is 2.98. The number of nitro benzene ring substituents is 1. The van der Waals surface area contributed by atoms with Gasteiger partial charge in [-0.3, -0.25) is 14.9 Å². The minimum atomic E-state index is -0.746. The lowest BCUT2D eigenvalue weighted by atomic mass is 9.94. The van der Waals surface area contributed by atoms with Gasteiger partial charge >= 0.3 is 6.03 Å². The molecule has 132 valence electrons. The Balaban J connectivity index is 1.99. The Hall–Kier alpha value is -2.94. The number of amides is 3. The molecule has 0 aliphatic carbocycles. The third-order valence-corrected chi connectivity index (χ3v) is 4.21. The van der Waals surface area contributed by atoms with Crippen molar-refractivity contribution in [2.45, 2.75) is 13.0 Å². The molecule has 9 nitrogen and oxygen atoms in total. The zero-order chi connectivity index (χ0) is 18.0. The van der Waals surface area contributed by atoms with E-state index in [0.717, 1.165) is 0 Å². The normalized spacial score (nSPS) is 20.8. The summed E-state index contributed by atoms with van der Waals surface area (Å²) in [7, 11) is 0. The van der Waals surface area contributed by atoms with Crippen molar-refractivity contribution in [3.8, 4) is 0 Å². The Morgan fingerprint density at radius 1 is 1.36 bits per heavy atom. The fraction of sp³-hybridized carbons (Fsp3) is 0.375. The van der Waals surface area contributed by atoms with E-state index in [4.69, 9.17) is 4.74 Å². The molecule has 1 saturated heterocycles. The molecule has 3 amide bonds. The van der Waals surface area contributed by atoms with E-state index in [1.165, 1.54) is 18.2 Å². The standard InChI is InChI=1S/C16H18N4O5/c1-10-13(15(21)19-5-7-25-8-6-19)14(18-16(22)17-10)11-3-2-4-12(9-11)20(23)24/h2-4,9,14H,5-8H2,1H3,(H2,17,18,22). The van der Waals surface area contributed by atoms with Crippen LogP contribution in [0.25, 0.3) is 0 Å². The molecule has 1 unspecified atom stereocenters. The van der Waals surface area contributed by atoms with Crippen LogP contribution in [-0.4, -0.2) is 48.1 Å². The first-order valence-electron chi connectivity index (χ1n) is 7.87. The maximum Gasteiger partial charge on any atom is 0.319 e. The maximum atomic E-state index is 13.0. The van der Waals surface area contributed by atoms with Crippen molar-refractivity contribution in [3.05, 3.63) is 51.2 Å². The summed E-state index contributed by atoms with van der Waals surface area (Å²) in [6, 6.07) is 4.73. The number of nitrogens with zero attached hydrogens (tertiary/aromatic N) is 2. The van der Waals surface area contributed by atoms with Crippen LogP contribution in [-0.2, 0) is 9.53 Å². The molecule has 0 saturated carbocycles. The van der Waals surface area contributed by atoms with Crippen LogP contribution in [0, 0.1) is 10.1 Å². The second kappa shape index (κ2) is 6.89. The van der Waals surface area contributed by atoms with Crippen molar-refractivity contribution in [2.75, 3.05) is 26.3 Å². The van der Waals surface area contributed by atoms with E-state index in [2.05, 4.69) is 10.6 Å². The molecule has 2 aliphatic rings. The number of urea groups is 1. The Bertz CT molecular complexity index is 755. The van der Waals surface area contributed by atoms with Gasteiger partial charge in [-0.2, -0.15) is 0 Å². The van der Waals surface area contributed by atoms with Crippen LogP contribution in [0.1, 0.15) is 18.5 Å². The van der Waals surface area contributed by atoms with Gasteiger partial charge in [0.15, 0.2) is 0 Å². The second-order valence-electron chi connectivity index (χ2n) is 5.83. The van der Waals surface area contributed by atoms with Gasteiger partial charge in [-0.25, -0.2) is 4.79 Å². The summed E-state index contributed by atoms with van der Waals surface area (Å²) in [6.45, 7) is 3.49. The van der Waals surface area contributed by atoms with Gasteiger partial charge in [-0.1, -0.05) is 12.1 Å². The monoisotopic (exact) mass is 346 g/mol. The largest absolute Gasteiger partial charge is 0.378 e. The molecule has 9 heteroatoms. The molecule has 0 spiro atoms. The van der Waals surface area contributed by atoms with Gasteiger partial charge in [0.25, 0.3) is 11.6 Å². The SMILES string of the molecule is CC1=C(C(=O)N2CCOCC2)C(c2cccc([N+](=O)[O-])c2)NC(=O)N1. The zero-order valence-electron chi connectivity index (χ0n) is 13.7. The number of carbonyl (C=O) groups excluding carboxylic acids is 2. The first-order valence-corrected chi connectivity index (χ1v) is 7.87. The van der Waals surface area contributed by atoms with Gasteiger partial charge in [0, 0.05) is 30.9 Å². The van der Waals surface area contributed by atoms with Crippen molar-refractivity contribution in [1.29, 1.82) is 0 Å². The van der Waals surface area contributed by atoms with E-state index >= 15 is 0 Å². The number of non-ortho nitro benzene ring substituents is 1. The van der Waals surface area contributed by atoms with E-state index in [1.54, 1.807) is 17.9 Å². The highest BCUT2D eigenvalue weighted by molar-refractivity contribution is 5.98. The second-order valence-corrected chi connectivity index (χ2v) is 5.83. The summed E-state index contributed by atoms with van der Waals surface area (Å²) in [6.07, 6.45) is 0. The van der Waals surface area contributed by atoms with Crippen molar-refractivity contribution < 1.29 is 19.2 Å². The number of ether oxygens (including phenoxy) is 1. The van der Waals surface area contributed by atoms with Gasteiger partial charge in [-0.05, 0) is 12.5 Å². The molecule has 0 radical (unpaired) electrons. The Morgan fingerprint density at radius 3 is 2.76 bits per heavy atom. The van der Waals surface area contributed by atoms with Crippen molar-refractivity contribution >= 4 is 17.6 Å². The van der Waals surface area contributed by atoms with Crippen LogP contribution in [0.4, 0.5) is 10.5 Å². The van der Waals surface area contributed by atoms with Crippen molar-refractivity contribution in [1.82, 2.24) is 15.5 Å². The minimum Gasteiger partial charge on any atom is -0.378 e. The molecule has 1 aromatic rings. The molecule has 3 rings (SSSR count). The van der Waals surface area contributed by atoms with E-state index in [-0.39, 0.29) is 11.6 Å². The lowest BCUT2D eigenvalue weighted by Gasteiger charge is -2.33. The molecule has 2 N–H and O–H groups in total. The van der Waals surface area contributed by atoms with Crippen molar-refractivity contribution in [2.24, 2.45) is 0 Å². The number of benzene rings is 1. The summed E-state index contributed by atoms with van der Waals surface area (Å²) in [5.41, 5.74) is 1.21. The van der Waals surface area contributed by atoms with Gasteiger partial charge in [0.1, 0.15) is 0 Å². The van der Waals surface area contributed by atoms with E-state index in [9.17, 15) is 19.7 Å². The average Bonchev–Trinajstić information content (AvgIpc) is 2.61. The highest BCUT2D eigenvalue weighted by Gasteiger charge is 2.34. The lowest BCUT2D eigenvalue weighted by molar-refractivity contribution is -0.384. The van der Waals surface area contributed by atoms with Gasteiger partial charge in [0.2, 0.25) is 0 Å². The highest BCUT2D eigenvalue weighted by atomic mass is 16.6. The van der Waals surface area contributed by atoms with Crippen LogP contribution >= 0.6 is 0 Å². The summed E-state index contributed by atoms with van der Waals surface area (Å²) < 4.78 is 5.26. The molecule has 2 aliphatic heterocycles. The molecule has 2 heterocycles. The molecule has 25 heavy (non-hydrogen) atoms. The van der Waals surface area contributed by atoms with Crippen LogP contribution < -0.4 is 10.6 Å². The Labute approximate surface area is 143 Å². The van der Waals surface area contributed by atoms with Crippen LogP contribution in [0.3, 0.4) is 0 Å². The number of allylic oxidation sites excluding steroid dienone is 1. The summed E-state index contributed by atoms with van der Waals surface area (Å²) >= 11 is 0. The highest BCUT2D eigenvalue weighted by Crippen LogP contribution is 2.30. The smallest absolute Gasteiger partial charge is 0.319 e. The predicted molar refractivity (Wildman–Crippen MR) is 87.6 cm³/mol. The maximum absolute atomic E-state index is 13.0. The summed E-state index contributed by atoms with van der Waals surface area (Å²) in [5, 5.41) is 16.3.